The van der Waals surface area contributed by atoms with Gasteiger partial charge in [0, 0.05) is 38.3 Å². The van der Waals surface area contributed by atoms with Gasteiger partial charge in [-0.2, -0.15) is 5.26 Å². The lowest BCUT2D eigenvalue weighted by atomic mass is 9.74. The van der Waals surface area contributed by atoms with E-state index in [1.165, 1.54) is 6.07 Å². The molecular weight excluding hydrogens is 418 g/mol. The summed E-state index contributed by atoms with van der Waals surface area (Å²) < 4.78 is 5.44. The number of hydrogen-bond acceptors (Lipinski definition) is 7. The van der Waals surface area contributed by atoms with Crippen LogP contribution in [0.15, 0.2) is 65.2 Å². The van der Waals surface area contributed by atoms with E-state index in [4.69, 9.17) is 4.52 Å². The molecule has 1 fully saturated rings. The summed E-state index contributed by atoms with van der Waals surface area (Å²) in [5, 5.41) is 25.2. The molecule has 0 radical (unpaired) electrons. The van der Waals surface area contributed by atoms with Crippen LogP contribution >= 0.6 is 0 Å². The molecule has 0 aliphatic carbocycles. The van der Waals surface area contributed by atoms with Crippen molar-refractivity contribution in [1.82, 2.24) is 15.0 Å². The third-order valence-corrected chi connectivity index (χ3v) is 6.41. The van der Waals surface area contributed by atoms with Crippen LogP contribution in [-0.2, 0) is 12.0 Å². The minimum absolute atomic E-state index is 0.0137. The van der Waals surface area contributed by atoms with Gasteiger partial charge in [0.05, 0.1) is 28.5 Å². The zero-order valence-electron chi connectivity index (χ0n) is 18.7. The molecule has 0 saturated carbocycles. The van der Waals surface area contributed by atoms with E-state index in [9.17, 15) is 15.4 Å². The molecule has 0 spiro atoms. The molecule has 0 atom stereocenters. The molecule has 8 nitrogen and oxygen atoms in total. The first-order valence-corrected chi connectivity index (χ1v) is 11.1. The summed E-state index contributed by atoms with van der Waals surface area (Å²) in [5.41, 5.74) is 1.66. The van der Waals surface area contributed by atoms with Crippen molar-refractivity contribution in [2.45, 2.75) is 24.8 Å². The van der Waals surface area contributed by atoms with Crippen LogP contribution < -0.4 is 0 Å². The Hall–Kier alpha value is -3.54. The van der Waals surface area contributed by atoms with Gasteiger partial charge in [-0.25, -0.2) is 0 Å². The third-order valence-electron chi connectivity index (χ3n) is 6.41. The van der Waals surface area contributed by atoms with E-state index in [0.29, 0.717) is 23.6 Å². The van der Waals surface area contributed by atoms with Crippen molar-refractivity contribution >= 4 is 5.69 Å². The Labute approximate surface area is 193 Å². The van der Waals surface area contributed by atoms with E-state index in [1.807, 2.05) is 25.2 Å². The normalized spacial score (nSPS) is 15.9. The predicted octanol–water partition coefficient (Wildman–Crippen LogP) is 4.24. The standard InChI is InChI=1S/C25H27N5O3/c1-28(18-21-17-23(27-33-21)22-9-5-6-10-24(22)30(31)32)15-16-29-13-11-25(19-26,12-14-29)20-7-3-2-4-8-20/h2-10,17H,11-16,18H2,1H3. The van der Waals surface area contributed by atoms with E-state index < -0.39 is 4.92 Å². The molecule has 2 heterocycles. The molecule has 0 N–H and O–H groups in total. The van der Waals surface area contributed by atoms with E-state index in [1.54, 1.807) is 24.3 Å². The van der Waals surface area contributed by atoms with Crippen LogP contribution in [0.3, 0.4) is 0 Å². The van der Waals surface area contributed by atoms with Gasteiger partial charge in [-0.05, 0) is 31.5 Å². The molecule has 170 valence electrons. The average molecular weight is 446 g/mol. The molecule has 0 bridgehead atoms. The van der Waals surface area contributed by atoms with E-state index in [-0.39, 0.29) is 11.1 Å². The number of likely N-dealkylation sites (tertiary alicyclic amines) is 1. The fraction of sp³-hybridized carbons (Fsp3) is 0.360. The molecular formula is C25H27N5O3. The molecule has 0 amide bonds. The minimum Gasteiger partial charge on any atom is -0.359 e. The van der Waals surface area contributed by atoms with Gasteiger partial charge >= 0.3 is 0 Å². The van der Waals surface area contributed by atoms with Crippen molar-refractivity contribution in [3.8, 4) is 17.3 Å². The maximum Gasteiger partial charge on any atom is 0.278 e. The van der Waals surface area contributed by atoms with Crippen LogP contribution in [0.5, 0.6) is 0 Å². The Bertz CT molecular complexity index is 1130. The highest BCUT2D eigenvalue weighted by Gasteiger charge is 2.36. The molecule has 3 aromatic rings. The molecule has 1 aliphatic rings. The summed E-state index contributed by atoms with van der Waals surface area (Å²) in [6.07, 6.45) is 1.66. The Kier molecular flexibility index (Phi) is 6.82. The van der Waals surface area contributed by atoms with Crippen LogP contribution in [-0.4, -0.2) is 53.1 Å². The number of likely N-dealkylation sites (N-methyl/N-ethyl adjacent to an activating group) is 1. The quantitative estimate of drug-likeness (QED) is 0.378. The van der Waals surface area contributed by atoms with Crippen molar-refractivity contribution in [3.05, 3.63) is 82.1 Å². The van der Waals surface area contributed by atoms with Gasteiger partial charge < -0.3 is 9.42 Å². The molecule has 0 unspecified atom stereocenters. The highest BCUT2D eigenvalue weighted by Crippen LogP contribution is 2.35. The van der Waals surface area contributed by atoms with Gasteiger partial charge in [-0.1, -0.05) is 47.6 Å². The monoisotopic (exact) mass is 445 g/mol. The number of nitro benzene ring substituents is 1. The Balaban J connectivity index is 1.29. The molecule has 33 heavy (non-hydrogen) atoms. The zero-order chi connectivity index (χ0) is 23.3. The molecule has 1 aliphatic heterocycles. The number of aromatic nitrogens is 1. The lowest BCUT2D eigenvalue weighted by Gasteiger charge is -2.38. The number of piperidine rings is 1. The van der Waals surface area contributed by atoms with Gasteiger partial charge in [0.1, 0.15) is 5.69 Å². The Morgan fingerprint density at radius 2 is 1.88 bits per heavy atom. The predicted molar refractivity (Wildman–Crippen MR) is 124 cm³/mol. The average Bonchev–Trinajstić information content (AvgIpc) is 3.32. The van der Waals surface area contributed by atoms with Crippen molar-refractivity contribution < 1.29 is 9.45 Å². The SMILES string of the molecule is CN(CCN1CCC(C#N)(c2ccccc2)CC1)Cc1cc(-c2ccccc2[N+](=O)[O-])no1. The van der Waals surface area contributed by atoms with E-state index in [2.05, 4.69) is 33.2 Å². The van der Waals surface area contributed by atoms with E-state index in [0.717, 1.165) is 44.6 Å². The fourth-order valence-electron chi connectivity index (χ4n) is 4.40. The summed E-state index contributed by atoms with van der Waals surface area (Å²) in [7, 11) is 2.01. The van der Waals surface area contributed by atoms with Crippen LogP contribution in [0.2, 0.25) is 0 Å². The number of nitro groups is 1. The maximum atomic E-state index is 11.3. The number of rotatable bonds is 8. The first-order chi connectivity index (χ1) is 16.0. The van der Waals surface area contributed by atoms with E-state index >= 15 is 0 Å². The first kappa shape index (κ1) is 22.6. The summed E-state index contributed by atoms with van der Waals surface area (Å²) >= 11 is 0. The molecule has 4 rings (SSSR count). The summed E-state index contributed by atoms with van der Waals surface area (Å²) in [4.78, 5) is 15.4. The van der Waals surface area contributed by atoms with Gasteiger partial charge in [0.15, 0.2) is 5.76 Å². The third kappa shape index (κ3) is 5.11. The second kappa shape index (κ2) is 9.94. The number of nitrogens with zero attached hydrogens (tertiary/aromatic N) is 5. The number of nitriles is 1. The summed E-state index contributed by atoms with van der Waals surface area (Å²) in [5.74, 6) is 0.664. The van der Waals surface area contributed by atoms with Crippen molar-refractivity contribution in [2.75, 3.05) is 33.2 Å². The molecule has 2 aromatic carbocycles. The van der Waals surface area contributed by atoms with Gasteiger partial charge in [-0.15, -0.1) is 0 Å². The Morgan fingerprint density at radius 3 is 2.58 bits per heavy atom. The second-order valence-electron chi connectivity index (χ2n) is 8.59. The largest absolute Gasteiger partial charge is 0.359 e. The molecule has 8 heteroatoms. The Morgan fingerprint density at radius 1 is 1.18 bits per heavy atom. The topological polar surface area (TPSA) is 99.4 Å². The van der Waals surface area contributed by atoms with Crippen molar-refractivity contribution in [1.29, 1.82) is 5.26 Å². The zero-order valence-corrected chi connectivity index (χ0v) is 18.7. The van der Waals surface area contributed by atoms with Crippen molar-refractivity contribution in [2.24, 2.45) is 0 Å². The summed E-state index contributed by atoms with van der Waals surface area (Å²) in [6.45, 7) is 4.08. The number of benzene rings is 2. The van der Waals surface area contributed by atoms with Gasteiger partial charge in [-0.3, -0.25) is 15.0 Å². The number of hydrogen-bond donors (Lipinski definition) is 0. The highest BCUT2D eigenvalue weighted by molar-refractivity contribution is 5.70. The van der Waals surface area contributed by atoms with Gasteiger partial charge in [0.25, 0.3) is 5.69 Å². The van der Waals surface area contributed by atoms with Gasteiger partial charge in [0.2, 0.25) is 0 Å². The molecule has 1 saturated heterocycles. The van der Waals surface area contributed by atoms with Crippen LogP contribution in [0.4, 0.5) is 5.69 Å². The first-order valence-electron chi connectivity index (χ1n) is 11.1. The number of para-hydroxylation sites is 1. The van der Waals surface area contributed by atoms with Crippen molar-refractivity contribution in [3.63, 3.8) is 0 Å². The van der Waals surface area contributed by atoms with Crippen LogP contribution in [0.1, 0.15) is 24.2 Å². The second-order valence-corrected chi connectivity index (χ2v) is 8.59. The maximum absolute atomic E-state index is 11.3. The lowest BCUT2D eigenvalue weighted by molar-refractivity contribution is -0.384. The smallest absolute Gasteiger partial charge is 0.278 e. The lowest BCUT2D eigenvalue weighted by Crippen LogP contribution is -2.44. The van der Waals surface area contributed by atoms with Crippen LogP contribution in [0, 0.1) is 21.4 Å². The fourth-order valence-corrected chi connectivity index (χ4v) is 4.40. The minimum atomic E-state index is -0.410. The summed E-state index contributed by atoms with van der Waals surface area (Å²) in [6, 6.07) is 21.0. The molecule has 1 aromatic heterocycles. The highest BCUT2D eigenvalue weighted by atomic mass is 16.6. The van der Waals surface area contributed by atoms with Crippen LogP contribution in [0.25, 0.3) is 11.3 Å².